The SMILES string of the molecule is CCCCN(Cc1nc2ccccc2n1CC1CCCCC1CN1CCCCC1)S(=O)(=O)c1ccc(F)cc1. The average molecular weight is 555 g/mol. The lowest BCUT2D eigenvalue weighted by Gasteiger charge is -2.37. The molecule has 3 aromatic rings. The van der Waals surface area contributed by atoms with Crippen LogP contribution in [0.4, 0.5) is 4.39 Å². The number of para-hydroxylation sites is 2. The van der Waals surface area contributed by atoms with Gasteiger partial charge in [-0.15, -0.1) is 0 Å². The van der Waals surface area contributed by atoms with Crippen LogP contribution in [-0.2, 0) is 23.1 Å². The number of unbranched alkanes of at least 4 members (excludes halogenated alkanes) is 1. The highest BCUT2D eigenvalue weighted by Gasteiger charge is 2.31. The van der Waals surface area contributed by atoms with Gasteiger partial charge in [0.1, 0.15) is 11.6 Å². The van der Waals surface area contributed by atoms with Gasteiger partial charge in [-0.25, -0.2) is 17.8 Å². The van der Waals surface area contributed by atoms with E-state index in [1.165, 1.54) is 93.2 Å². The van der Waals surface area contributed by atoms with Crippen molar-refractivity contribution in [1.82, 2.24) is 18.8 Å². The van der Waals surface area contributed by atoms with E-state index in [1.807, 2.05) is 18.2 Å². The molecule has 1 aliphatic heterocycles. The third-order valence-electron chi connectivity index (χ3n) is 8.69. The second-order valence-electron chi connectivity index (χ2n) is 11.4. The number of hydrogen-bond acceptors (Lipinski definition) is 4. The third-order valence-corrected chi connectivity index (χ3v) is 10.5. The number of aromatic nitrogens is 2. The minimum Gasteiger partial charge on any atom is -0.327 e. The van der Waals surface area contributed by atoms with Gasteiger partial charge in [-0.05, 0) is 93.4 Å². The summed E-state index contributed by atoms with van der Waals surface area (Å²) >= 11 is 0. The van der Waals surface area contributed by atoms with Gasteiger partial charge in [0.25, 0.3) is 0 Å². The van der Waals surface area contributed by atoms with Crippen molar-refractivity contribution >= 4 is 21.1 Å². The van der Waals surface area contributed by atoms with Crippen LogP contribution in [0.15, 0.2) is 53.4 Å². The van der Waals surface area contributed by atoms with E-state index in [9.17, 15) is 12.8 Å². The number of likely N-dealkylation sites (tertiary alicyclic amines) is 1. The van der Waals surface area contributed by atoms with Crippen LogP contribution in [0.2, 0.25) is 0 Å². The second-order valence-corrected chi connectivity index (χ2v) is 13.4. The van der Waals surface area contributed by atoms with E-state index in [-0.39, 0.29) is 11.4 Å². The first-order chi connectivity index (χ1) is 19.0. The standard InChI is InChI=1S/C31H43FN4O2S/c1-2-3-21-35(39(37,38)28-17-15-27(32)16-18-28)24-31-33-29-13-7-8-14-30(29)36(31)23-26-12-6-5-11-25(26)22-34-19-9-4-10-20-34/h7-8,13-18,25-26H,2-6,9-12,19-24H2,1H3. The molecule has 2 unspecified atom stereocenters. The molecule has 2 atom stereocenters. The summed E-state index contributed by atoms with van der Waals surface area (Å²) in [7, 11) is -3.80. The predicted octanol–water partition coefficient (Wildman–Crippen LogP) is 6.46. The smallest absolute Gasteiger partial charge is 0.243 e. The number of halogens is 1. The summed E-state index contributed by atoms with van der Waals surface area (Å²) in [6.45, 7) is 7.15. The first-order valence-corrected chi connectivity index (χ1v) is 16.3. The summed E-state index contributed by atoms with van der Waals surface area (Å²) in [6, 6.07) is 13.3. The fraction of sp³-hybridized carbons (Fsp3) is 0.581. The van der Waals surface area contributed by atoms with E-state index < -0.39 is 15.8 Å². The molecular formula is C31H43FN4O2S. The molecule has 8 heteroatoms. The van der Waals surface area contributed by atoms with E-state index >= 15 is 0 Å². The number of sulfonamides is 1. The van der Waals surface area contributed by atoms with Crippen molar-refractivity contribution < 1.29 is 12.8 Å². The molecule has 1 aliphatic carbocycles. The summed E-state index contributed by atoms with van der Waals surface area (Å²) in [5, 5.41) is 0. The van der Waals surface area contributed by atoms with Gasteiger partial charge in [-0.1, -0.05) is 44.7 Å². The van der Waals surface area contributed by atoms with Crippen LogP contribution < -0.4 is 0 Å². The molecule has 1 saturated heterocycles. The number of rotatable bonds is 11. The molecule has 0 amide bonds. The van der Waals surface area contributed by atoms with Crippen molar-refractivity contribution in [2.75, 3.05) is 26.2 Å². The summed E-state index contributed by atoms with van der Waals surface area (Å²) in [5.41, 5.74) is 1.98. The highest BCUT2D eigenvalue weighted by atomic mass is 32.2. The number of hydrogen-bond donors (Lipinski definition) is 0. The highest BCUT2D eigenvalue weighted by molar-refractivity contribution is 7.89. The number of fused-ring (bicyclic) bond motifs is 1. The average Bonchev–Trinajstić information content (AvgIpc) is 3.29. The number of imidazole rings is 1. The highest BCUT2D eigenvalue weighted by Crippen LogP contribution is 2.34. The molecule has 1 aromatic heterocycles. The molecule has 0 radical (unpaired) electrons. The molecular weight excluding hydrogens is 511 g/mol. The minimum absolute atomic E-state index is 0.122. The summed E-state index contributed by atoms with van der Waals surface area (Å²) in [4.78, 5) is 7.76. The van der Waals surface area contributed by atoms with E-state index in [4.69, 9.17) is 4.98 Å². The van der Waals surface area contributed by atoms with Crippen LogP contribution in [0, 0.1) is 17.7 Å². The molecule has 1 saturated carbocycles. The van der Waals surface area contributed by atoms with E-state index in [1.54, 1.807) is 0 Å². The largest absolute Gasteiger partial charge is 0.327 e. The Bertz CT molecular complexity index is 1320. The first-order valence-electron chi connectivity index (χ1n) is 14.9. The first kappa shape index (κ1) is 28.2. The Kier molecular flexibility index (Phi) is 9.36. The maximum Gasteiger partial charge on any atom is 0.243 e. The van der Waals surface area contributed by atoms with Gasteiger partial charge in [0.15, 0.2) is 0 Å². The number of benzene rings is 2. The zero-order valence-electron chi connectivity index (χ0n) is 23.3. The minimum atomic E-state index is -3.80. The van der Waals surface area contributed by atoms with Crippen LogP contribution in [0.25, 0.3) is 11.0 Å². The van der Waals surface area contributed by atoms with Gasteiger partial charge in [0.2, 0.25) is 10.0 Å². The van der Waals surface area contributed by atoms with Crippen LogP contribution in [0.1, 0.15) is 70.5 Å². The molecule has 212 valence electrons. The van der Waals surface area contributed by atoms with E-state index in [0.717, 1.165) is 36.2 Å². The Hall–Kier alpha value is -2.29. The van der Waals surface area contributed by atoms with Crippen molar-refractivity contribution in [3.05, 3.63) is 60.2 Å². The molecule has 0 N–H and O–H groups in total. The van der Waals surface area contributed by atoms with Crippen LogP contribution >= 0.6 is 0 Å². The van der Waals surface area contributed by atoms with E-state index in [2.05, 4.69) is 22.5 Å². The summed E-state index contributed by atoms with van der Waals surface area (Å²) < 4.78 is 44.8. The quantitative estimate of drug-likeness (QED) is 0.273. The van der Waals surface area contributed by atoms with Gasteiger partial charge < -0.3 is 9.47 Å². The number of nitrogens with zero attached hydrogens (tertiary/aromatic N) is 4. The fourth-order valence-electron chi connectivity index (χ4n) is 6.46. The molecule has 2 aliphatic rings. The molecule has 2 aromatic carbocycles. The van der Waals surface area contributed by atoms with Gasteiger partial charge in [-0.3, -0.25) is 0 Å². The predicted molar refractivity (Wildman–Crippen MR) is 154 cm³/mol. The Morgan fingerprint density at radius 2 is 1.62 bits per heavy atom. The van der Waals surface area contributed by atoms with Gasteiger partial charge in [0, 0.05) is 19.6 Å². The van der Waals surface area contributed by atoms with E-state index in [0.29, 0.717) is 18.4 Å². The zero-order chi connectivity index (χ0) is 27.2. The second kappa shape index (κ2) is 12.9. The van der Waals surface area contributed by atoms with Crippen LogP contribution in [-0.4, -0.2) is 53.4 Å². The van der Waals surface area contributed by atoms with Gasteiger partial charge in [-0.2, -0.15) is 4.31 Å². The van der Waals surface area contributed by atoms with Crippen molar-refractivity contribution in [2.24, 2.45) is 11.8 Å². The molecule has 5 rings (SSSR count). The molecule has 2 fully saturated rings. The van der Waals surface area contributed by atoms with Crippen molar-refractivity contribution in [3.63, 3.8) is 0 Å². The molecule has 39 heavy (non-hydrogen) atoms. The van der Waals surface area contributed by atoms with Crippen molar-refractivity contribution in [2.45, 2.75) is 82.7 Å². The maximum absolute atomic E-state index is 13.7. The fourth-order valence-corrected chi connectivity index (χ4v) is 7.89. The van der Waals surface area contributed by atoms with Crippen LogP contribution in [0.3, 0.4) is 0 Å². The lowest BCUT2D eigenvalue weighted by molar-refractivity contribution is 0.125. The maximum atomic E-state index is 13.7. The Morgan fingerprint density at radius 3 is 2.33 bits per heavy atom. The van der Waals surface area contributed by atoms with Gasteiger partial charge in [0.05, 0.1) is 22.5 Å². The lowest BCUT2D eigenvalue weighted by atomic mass is 9.78. The molecule has 0 bridgehead atoms. The normalized spacial score (nSPS) is 21.1. The zero-order valence-corrected chi connectivity index (χ0v) is 24.1. The summed E-state index contributed by atoms with van der Waals surface area (Å²) in [5.74, 6) is 1.56. The topological polar surface area (TPSA) is 58.4 Å². The number of piperidine rings is 1. The van der Waals surface area contributed by atoms with Crippen molar-refractivity contribution in [1.29, 1.82) is 0 Å². The molecule has 6 nitrogen and oxygen atoms in total. The molecule has 2 heterocycles. The Balaban J connectivity index is 1.44. The monoisotopic (exact) mass is 554 g/mol. The van der Waals surface area contributed by atoms with Gasteiger partial charge >= 0.3 is 0 Å². The lowest BCUT2D eigenvalue weighted by Crippen LogP contribution is -2.39. The third kappa shape index (κ3) is 6.72. The molecule has 0 spiro atoms. The summed E-state index contributed by atoms with van der Waals surface area (Å²) in [6.07, 6.45) is 10.6. The Morgan fingerprint density at radius 1 is 0.923 bits per heavy atom. The Labute approximate surface area is 233 Å². The van der Waals surface area contributed by atoms with Crippen LogP contribution in [0.5, 0.6) is 0 Å². The van der Waals surface area contributed by atoms with Crippen molar-refractivity contribution in [3.8, 4) is 0 Å².